The summed E-state index contributed by atoms with van der Waals surface area (Å²) in [5, 5.41) is 2.73. The summed E-state index contributed by atoms with van der Waals surface area (Å²) in [5.74, 6) is -0.456. The van der Waals surface area contributed by atoms with Crippen molar-refractivity contribution in [1.82, 2.24) is 4.57 Å². The van der Waals surface area contributed by atoms with E-state index in [0.29, 0.717) is 22.2 Å². The molecule has 1 amide bonds. The minimum atomic E-state index is -0.456. The Labute approximate surface area is 154 Å². The van der Waals surface area contributed by atoms with E-state index in [1.54, 1.807) is 12.1 Å². The molecule has 5 heteroatoms. The van der Waals surface area contributed by atoms with Crippen molar-refractivity contribution in [3.05, 3.63) is 81.8 Å². The van der Waals surface area contributed by atoms with E-state index in [1.165, 1.54) is 0 Å². The molecule has 25 heavy (non-hydrogen) atoms. The number of hydrogen-bond acceptors (Lipinski definition) is 1. The van der Waals surface area contributed by atoms with E-state index in [1.807, 2.05) is 42.5 Å². The van der Waals surface area contributed by atoms with Gasteiger partial charge in [0.25, 0.3) is 0 Å². The average Bonchev–Trinajstić information content (AvgIpc) is 2.93. The Morgan fingerprint density at radius 1 is 1.04 bits per heavy atom. The van der Waals surface area contributed by atoms with Gasteiger partial charge in [-0.3, -0.25) is 4.79 Å². The average molecular weight is 368 g/mol. The minimum Gasteiger partial charge on any atom is -0.366 e. The Balaban J connectivity index is 2.04. The lowest BCUT2D eigenvalue weighted by Crippen LogP contribution is -2.11. The Morgan fingerprint density at radius 2 is 1.80 bits per heavy atom. The van der Waals surface area contributed by atoms with E-state index in [4.69, 9.17) is 28.9 Å². The van der Waals surface area contributed by atoms with Crippen molar-refractivity contribution in [2.45, 2.75) is 6.54 Å². The van der Waals surface area contributed by atoms with Crippen LogP contribution in [0.2, 0.25) is 10.0 Å². The van der Waals surface area contributed by atoms with Crippen LogP contribution in [0.4, 0.5) is 0 Å². The van der Waals surface area contributed by atoms with Gasteiger partial charge in [-0.15, -0.1) is 0 Å². The van der Waals surface area contributed by atoms with Crippen LogP contribution in [0.5, 0.6) is 0 Å². The Kier molecular flexibility index (Phi) is 3.91. The molecular weight excluding hydrogens is 355 g/mol. The van der Waals surface area contributed by atoms with Crippen LogP contribution in [-0.2, 0) is 6.54 Å². The number of primary amides is 1. The first kappa shape index (κ1) is 16.0. The minimum absolute atomic E-state index is 0.456. The number of amides is 1. The van der Waals surface area contributed by atoms with Gasteiger partial charge in [-0.05, 0) is 35.9 Å². The van der Waals surface area contributed by atoms with Crippen LogP contribution >= 0.6 is 23.2 Å². The van der Waals surface area contributed by atoms with Gasteiger partial charge < -0.3 is 10.3 Å². The fourth-order valence-electron chi connectivity index (χ4n) is 3.23. The van der Waals surface area contributed by atoms with Gasteiger partial charge in [0.2, 0.25) is 5.91 Å². The van der Waals surface area contributed by atoms with E-state index >= 15 is 0 Å². The van der Waals surface area contributed by atoms with E-state index in [9.17, 15) is 4.79 Å². The number of halogens is 2. The fourth-order valence-corrected chi connectivity index (χ4v) is 3.61. The molecule has 0 spiro atoms. The molecule has 0 aliphatic carbocycles. The summed E-state index contributed by atoms with van der Waals surface area (Å²) >= 11 is 12.5. The lowest BCUT2D eigenvalue weighted by molar-refractivity contribution is 0.100. The van der Waals surface area contributed by atoms with E-state index in [-0.39, 0.29) is 0 Å². The maximum atomic E-state index is 11.9. The lowest BCUT2D eigenvalue weighted by Gasteiger charge is -2.10. The second kappa shape index (κ2) is 6.10. The zero-order valence-electron chi connectivity index (χ0n) is 13.1. The van der Waals surface area contributed by atoms with Crippen molar-refractivity contribution in [1.29, 1.82) is 0 Å². The Hall–Kier alpha value is -2.49. The van der Waals surface area contributed by atoms with Gasteiger partial charge in [0.05, 0.1) is 21.1 Å². The van der Waals surface area contributed by atoms with Crippen LogP contribution in [-0.4, -0.2) is 10.5 Å². The zero-order valence-corrected chi connectivity index (χ0v) is 14.6. The SMILES string of the molecule is NC(=O)c1cccc2c1c1[c]cccc1n2Cc1cccc(Cl)c1Cl. The smallest absolute Gasteiger partial charge is 0.249 e. The summed E-state index contributed by atoms with van der Waals surface area (Å²) in [6, 6.07) is 20.1. The maximum Gasteiger partial charge on any atom is 0.249 e. The van der Waals surface area contributed by atoms with E-state index in [2.05, 4.69) is 10.6 Å². The van der Waals surface area contributed by atoms with Crippen LogP contribution < -0.4 is 5.73 Å². The molecule has 2 N–H and O–H groups in total. The summed E-state index contributed by atoms with van der Waals surface area (Å²) in [4.78, 5) is 11.9. The van der Waals surface area contributed by atoms with Crippen LogP contribution in [0.15, 0.2) is 54.6 Å². The topological polar surface area (TPSA) is 48.0 Å². The van der Waals surface area contributed by atoms with Gasteiger partial charge in [0.1, 0.15) is 0 Å². The number of hydrogen-bond donors (Lipinski definition) is 1. The number of nitrogens with two attached hydrogens (primary N) is 1. The highest BCUT2D eigenvalue weighted by Gasteiger charge is 2.17. The summed E-state index contributed by atoms with van der Waals surface area (Å²) in [7, 11) is 0. The molecule has 3 aromatic carbocycles. The second-order valence-electron chi connectivity index (χ2n) is 5.79. The number of nitrogens with zero attached hydrogens (tertiary/aromatic N) is 1. The summed E-state index contributed by atoms with van der Waals surface area (Å²) in [6.45, 7) is 0.527. The van der Waals surface area contributed by atoms with E-state index < -0.39 is 5.91 Å². The van der Waals surface area contributed by atoms with Crippen LogP contribution in [0.25, 0.3) is 21.8 Å². The maximum absolute atomic E-state index is 11.9. The molecule has 123 valence electrons. The predicted molar refractivity (Wildman–Crippen MR) is 102 cm³/mol. The zero-order chi connectivity index (χ0) is 17.6. The van der Waals surface area contributed by atoms with Crippen LogP contribution in [0.3, 0.4) is 0 Å². The molecule has 0 atom stereocenters. The molecule has 1 heterocycles. The Morgan fingerprint density at radius 3 is 2.60 bits per heavy atom. The first-order chi connectivity index (χ1) is 12.1. The van der Waals surface area contributed by atoms with Gasteiger partial charge in [-0.2, -0.15) is 0 Å². The number of aromatic nitrogens is 1. The first-order valence-corrected chi connectivity index (χ1v) is 8.48. The summed E-state index contributed by atoms with van der Waals surface area (Å²) in [5.41, 5.74) is 8.83. The predicted octanol–water partition coefficient (Wildman–Crippen LogP) is 5.05. The summed E-state index contributed by atoms with van der Waals surface area (Å²) < 4.78 is 2.10. The van der Waals surface area contributed by atoms with Gasteiger partial charge >= 0.3 is 0 Å². The lowest BCUT2D eigenvalue weighted by atomic mass is 10.1. The largest absolute Gasteiger partial charge is 0.366 e. The van der Waals surface area contributed by atoms with Gasteiger partial charge in [0, 0.05) is 22.9 Å². The number of benzene rings is 3. The van der Waals surface area contributed by atoms with Gasteiger partial charge in [0.15, 0.2) is 0 Å². The molecule has 0 aliphatic heterocycles. The van der Waals surface area contributed by atoms with E-state index in [0.717, 1.165) is 27.4 Å². The molecule has 1 aromatic heterocycles. The molecule has 0 unspecified atom stereocenters. The normalized spacial score (nSPS) is 11.3. The molecule has 0 saturated carbocycles. The summed E-state index contributed by atoms with van der Waals surface area (Å²) in [6.07, 6.45) is 0. The van der Waals surface area contributed by atoms with Gasteiger partial charge in [-0.25, -0.2) is 0 Å². The van der Waals surface area contributed by atoms with Crippen molar-refractivity contribution in [2.75, 3.05) is 0 Å². The third-order valence-electron chi connectivity index (χ3n) is 4.33. The standard InChI is InChI=1S/C20H13Cl2N2O/c21-15-8-3-5-12(19(15)22)11-24-16-9-2-1-6-13(16)18-14(20(23)25)7-4-10-17(18)24/h1-5,7-10H,11H2,(H2,23,25). The molecule has 4 aromatic rings. The molecule has 0 saturated heterocycles. The number of rotatable bonds is 3. The monoisotopic (exact) mass is 367 g/mol. The van der Waals surface area contributed by atoms with Crippen molar-refractivity contribution >= 4 is 50.9 Å². The first-order valence-electron chi connectivity index (χ1n) is 7.72. The second-order valence-corrected chi connectivity index (χ2v) is 6.58. The fraction of sp³-hybridized carbons (Fsp3) is 0.0500. The molecule has 0 bridgehead atoms. The van der Waals surface area contributed by atoms with Gasteiger partial charge in [-0.1, -0.05) is 53.5 Å². The number of fused-ring (bicyclic) bond motifs is 3. The van der Waals surface area contributed by atoms with Crippen LogP contribution in [0, 0.1) is 6.07 Å². The molecule has 0 fully saturated rings. The number of carbonyl (C=O) groups excluding carboxylic acids is 1. The van der Waals surface area contributed by atoms with Crippen molar-refractivity contribution in [2.24, 2.45) is 5.73 Å². The third-order valence-corrected chi connectivity index (χ3v) is 5.19. The molecular formula is C20H13Cl2N2O. The highest BCUT2D eigenvalue weighted by Crippen LogP contribution is 2.33. The number of carbonyl (C=O) groups is 1. The van der Waals surface area contributed by atoms with Crippen molar-refractivity contribution in [3.63, 3.8) is 0 Å². The van der Waals surface area contributed by atoms with Crippen LogP contribution in [0.1, 0.15) is 15.9 Å². The Bertz CT molecular complexity index is 1130. The third kappa shape index (κ3) is 2.56. The molecule has 4 rings (SSSR count). The highest BCUT2D eigenvalue weighted by molar-refractivity contribution is 6.42. The highest BCUT2D eigenvalue weighted by atomic mass is 35.5. The van der Waals surface area contributed by atoms with Crippen molar-refractivity contribution < 1.29 is 4.79 Å². The quantitative estimate of drug-likeness (QED) is 0.541. The molecule has 1 radical (unpaired) electrons. The molecule has 3 nitrogen and oxygen atoms in total. The van der Waals surface area contributed by atoms with Crippen molar-refractivity contribution in [3.8, 4) is 0 Å². The molecule has 0 aliphatic rings.